The zero-order valence-electron chi connectivity index (χ0n) is 14.9. The summed E-state index contributed by atoms with van der Waals surface area (Å²) in [4.78, 5) is 11.1. The predicted octanol–water partition coefficient (Wildman–Crippen LogP) is 3.30. The van der Waals surface area contributed by atoms with E-state index in [0.29, 0.717) is 5.41 Å². The highest BCUT2D eigenvalue weighted by Crippen LogP contribution is 2.29. The first-order valence-electron chi connectivity index (χ1n) is 8.59. The van der Waals surface area contributed by atoms with E-state index in [1.54, 1.807) is 0 Å². The Morgan fingerprint density at radius 1 is 1.42 bits per heavy atom. The summed E-state index contributed by atoms with van der Waals surface area (Å²) in [5.41, 5.74) is 1.52. The molecule has 0 bridgehead atoms. The van der Waals surface area contributed by atoms with Gasteiger partial charge in [0.15, 0.2) is 5.96 Å². The Morgan fingerprint density at radius 3 is 2.75 bits per heavy atom. The van der Waals surface area contributed by atoms with Crippen LogP contribution in [0.5, 0.6) is 5.88 Å². The molecule has 0 aromatic carbocycles. The molecule has 2 aliphatic rings. The maximum atomic E-state index is 5.67. The fourth-order valence-corrected chi connectivity index (χ4v) is 2.90. The Kier molecular flexibility index (Phi) is 6.71. The van der Waals surface area contributed by atoms with Gasteiger partial charge in [0.1, 0.15) is 0 Å². The third kappa shape index (κ3) is 5.50. The van der Waals surface area contributed by atoms with Gasteiger partial charge in [-0.25, -0.2) is 4.98 Å². The number of pyridine rings is 1. The van der Waals surface area contributed by atoms with E-state index in [0.717, 1.165) is 49.6 Å². The molecule has 134 valence electrons. The van der Waals surface area contributed by atoms with Crippen molar-refractivity contribution in [1.82, 2.24) is 15.2 Å². The second kappa shape index (κ2) is 8.36. The van der Waals surface area contributed by atoms with Gasteiger partial charge in [-0.05, 0) is 36.2 Å². The highest BCUT2D eigenvalue weighted by Gasteiger charge is 2.30. The van der Waals surface area contributed by atoms with E-state index in [-0.39, 0.29) is 24.0 Å². The highest BCUT2D eigenvalue weighted by atomic mass is 127. The van der Waals surface area contributed by atoms with E-state index >= 15 is 0 Å². The highest BCUT2D eigenvalue weighted by molar-refractivity contribution is 14.0. The zero-order valence-corrected chi connectivity index (χ0v) is 17.2. The van der Waals surface area contributed by atoms with E-state index < -0.39 is 0 Å². The monoisotopic (exact) mass is 444 g/mol. The van der Waals surface area contributed by atoms with Crippen molar-refractivity contribution < 1.29 is 4.74 Å². The van der Waals surface area contributed by atoms with Gasteiger partial charge in [0, 0.05) is 38.9 Å². The molecule has 1 aromatic heterocycles. The number of halogens is 1. The van der Waals surface area contributed by atoms with Crippen molar-refractivity contribution in [1.29, 1.82) is 0 Å². The fraction of sp³-hybridized carbons (Fsp3) is 0.667. The van der Waals surface area contributed by atoms with Gasteiger partial charge in [-0.3, -0.25) is 4.99 Å². The number of nitrogens with one attached hydrogen (secondary N) is 1. The summed E-state index contributed by atoms with van der Waals surface area (Å²) in [6, 6.07) is 4.03. The Labute approximate surface area is 162 Å². The van der Waals surface area contributed by atoms with Crippen LogP contribution in [-0.2, 0) is 6.54 Å². The average molecular weight is 444 g/mol. The largest absolute Gasteiger partial charge is 0.477 e. The van der Waals surface area contributed by atoms with E-state index in [1.165, 1.54) is 19.3 Å². The number of nitrogens with zero attached hydrogens (tertiary/aromatic N) is 3. The van der Waals surface area contributed by atoms with Gasteiger partial charge in [-0.1, -0.05) is 19.9 Å². The van der Waals surface area contributed by atoms with Crippen LogP contribution in [-0.4, -0.2) is 42.6 Å². The molecule has 5 nitrogen and oxygen atoms in total. The smallest absolute Gasteiger partial charge is 0.213 e. The summed E-state index contributed by atoms with van der Waals surface area (Å²) in [6.07, 6.45) is 5.70. The van der Waals surface area contributed by atoms with Gasteiger partial charge in [-0.2, -0.15) is 0 Å². The number of guanidine groups is 1. The van der Waals surface area contributed by atoms with E-state index in [1.807, 2.05) is 19.3 Å². The summed E-state index contributed by atoms with van der Waals surface area (Å²) in [5, 5.41) is 3.44. The molecule has 1 N–H and O–H groups in total. The standard InChI is InChI=1S/C18H28N4O.HI/c1-18(2)8-9-22(13-18)17(19-3)21-11-15-6-7-16(20-10-15)23-12-14-4-5-14;/h6-7,10,14H,4-5,8-9,11-13H2,1-3H3,(H,19,21);1H. The van der Waals surface area contributed by atoms with Crippen LogP contribution in [0.2, 0.25) is 0 Å². The number of ether oxygens (including phenoxy) is 1. The van der Waals surface area contributed by atoms with Crippen LogP contribution in [0.3, 0.4) is 0 Å². The number of likely N-dealkylation sites (tertiary alicyclic amines) is 1. The minimum Gasteiger partial charge on any atom is -0.477 e. The van der Waals surface area contributed by atoms with Crippen molar-refractivity contribution in [3.8, 4) is 5.88 Å². The first-order chi connectivity index (χ1) is 11.1. The van der Waals surface area contributed by atoms with Crippen molar-refractivity contribution in [2.45, 2.75) is 39.7 Å². The predicted molar refractivity (Wildman–Crippen MR) is 108 cm³/mol. The molecule has 0 unspecified atom stereocenters. The molecule has 6 heteroatoms. The Bertz CT molecular complexity index is 555. The van der Waals surface area contributed by atoms with Crippen molar-refractivity contribution >= 4 is 29.9 Å². The van der Waals surface area contributed by atoms with Crippen LogP contribution in [0.4, 0.5) is 0 Å². The van der Waals surface area contributed by atoms with Crippen molar-refractivity contribution in [3.63, 3.8) is 0 Å². The maximum absolute atomic E-state index is 5.67. The van der Waals surface area contributed by atoms with Gasteiger partial charge < -0.3 is 15.0 Å². The van der Waals surface area contributed by atoms with Crippen LogP contribution in [0.1, 0.15) is 38.7 Å². The van der Waals surface area contributed by atoms with Crippen LogP contribution >= 0.6 is 24.0 Å². The molecule has 24 heavy (non-hydrogen) atoms. The quantitative estimate of drug-likeness (QED) is 0.430. The molecule has 2 fully saturated rings. The summed E-state index contributed by atoms with van der Waals surface area (Å²) < 4.78 is 5.67. The minimum absolute atomic E-state index is 0. The van der Waals surface area contributed by atoms with Crippen LogP contribution in [0.25, 0.3) is 0 Å². The van der Waals surface area contributed by atoms with Gasteiger partial charge >= 0.3 is 0 Å². The SMILES string of the molecule is CN=C(NCc1ccc(OCC2CC2)nc1)N1CCC(C)(C)C1.I. The van der Waals surface area contributed by atoms with E-state index in [9.17, 15) is 0 Å². The molecular weight excluding hydrogens is 415 g/mol. The number of aliphatic imine (C=N–C) groups is 1. The number of hydrogen-bond acceptors (Lipinski definition) is 3. The molecule has 2 heterocycles. The maximum Gasteiger partial charge on any atom is 0.213 e. The van der Waals surface area contributed by atoms with Crippen LogP contribution in [0.15, 0.2) is 23.3 Å². The Morgan fingerprint density at radius 2 is 2.21 bits per heavy atom. The van der Waals surface area contributed by atoms with Crippen LogP contribution in [0, 0.1) is 11.3 Å². The lowest BCUT2D eigenvalue weighted by atomic mass is 9.93. The van der Waals surface area contributed by atoms with Crippen molar-refractivity contribution in [2.24, 2.45) is 16.3 Å². The van der Waals surface area contributed by atoms with E-state index in [2.05, 4.69) is 40.1 Å². The normalized spacial score (nSPS) is 19.8. The van der Waals surface area contributed by atoms with Crippen molar-refractivity contribution in [3.05, 3.63) is 23.9 Å². The number of aromatic nitrogens is 1. The van der Waals surface area contributed by atoms with Gasteiger partial charge in [0.2, 0.25) is 5.88 Å². The number of hydrogen-bond donors (Lipinski definition) is 1. The molecule has 0 atom stereocenters. The first kappa shape index (κ1) is 19.3. The van der Waals surface area contributed by atoms with Crippen molar-refractivity contribution in [2.75, 3.05) is 26.7 Å². The summed E-state index contributed by atoms with van der Waals surface area (Å²) >= 11 is 0. The fourth-order valence-electron chi connectivity index (χ4n) is 2.90. The summed E-state index contributed by atoms with van der Waals surface area (Å²) in [6.45, 7) is 8.29. The number of rotatable bonds is 5. The topological polar surface area (TPSA) is 49.8 Å². The average Bonchev–Trinajstić information content (AvgIpc) is 3.30. The Balaban J connectivity index is 0.00000208. The molecule has 3 rings (SSSR count). The lowest BCUT2D eigenvalue weighted by molar-refractivity contribution is 0.288. The molecule has 0 spiro atoms. The van der Waals surface area contributed by atoms with Crippen LogP contribution < -0.4 is 10.1 Å². The summed E-state index contributed by atoms with van der Waals surface area (Å²) in [7, 11) is 1.85. The molecule has 1 saturated heterocycles. The third-order valence-electron chi connectivity index (χ3n) is 4.60. The molecule has 0 amide bonds. The second-order valence-electron chi connectivity index (χ2n) is 7.50. The first-order valence-corrected chi connectivity index (χ1v) is 8.59. The lowest BCUT2D eigenvalue weighted by Crippen LogP contribution is -2.40. The zero-order chi connectivity index (χ0) is 16.3. The van der Waals surface area contributed by atoms with Gasteiger partial charge in [0.05, 0.1) is 6.61 Å². The third-order valence-corrected chi connectivity index (χ3v) is 4.60. The van der Waals surface area contributed by atoms with Gasteiger partial charge in [-0.15, -0.1) is 24.0 Å². The molecule has 1 aliphatic heterocycles. The minimum atomic E-state index is 0. The molecule has 1 aromatic rings. The second-order valence-corrected chi connectivity index (χ2v) is 7.50. The molecular formula is C18H29IN4O. The molecule has 1 aliphatic carbocycles. The lowest BCUT2D eigenvalue weighted by Gasteiger charge is -2.23. The molecule has 1 saturated carbocycles. The van der Waals surface area contributed by atoms with Gasteiger partial charge in [0.25, 0.3) is 0 Å². The Hall–Kier alpha value is -1.05. The summed E-state index contributed by atoms with van der Waals surface area (Å²) in [5.74, 6) is 2.46. The van der Waals surface area contributed by atoms with E-state index in [4.69, 9.17) is 4.74 Å². The molecule has 0 radical (unpaired) electrons.